The fourth-order valence-electron chi connectivity index (χ4n) is 5.43. The molecule has 2 N–H and O–H groups in total. The average Bonchev–Trinajstić information content (AvgIpc) is 3.29. The van der Waals surface area contributed by atoms with Gasteiger partial charge in [0.15, 0.2) is 10.8 Å². The first-order chi connectivity index (χ1) is 18.5. The van der Waals surface area contributed by atoms with Gasteiger partial charge in [-0.3, -0.25) is 14.4 Å². The Morgan fingerprint density at radius 2 is 1.97 bits per heavy atom. The number of hydrogen-bond donors (Lipinski definition) is 2. The molecule has 10 nitrogen and oxygen atoms in total. The van der Waals surface area contributed by atoms with Crippen LogP contribution in [0.5, 0.6) is 0 Å². The van der Waals surface area contributed by atoms with E-state index < -0.39 is 45.7 Å². The molecule has 4 rings (SSSR count). The molecule has 2 amide bonds. The number of nitrogens with one attached hydrogen (secondary N) is 2. The van der Waals surface area contributed by atoms with Gasteiger partial charge in [-0.25, -0.2) is 18.4 Å². The second kappa shape index (κ2) is 12.1. The molecule has 2 aliphatic rings. The number of aryl methyl sites for hydroxylation is 1. The molecule has 2 aromatic rings. The molecule has 1 saturated carbocycles. The number of ketones is 1. The predicted molar refractivity (Wildman–Crippen MR) is 145 cm³/mol. The average molecular weight is 574 g/mol. The van der Waals surface area contributed by atoms with Crippen LogP contribution in [-0.4, -0.2) is 65.0 Å². The van der Waals surface area contributed by atoms with Crippen molar-refractivity contribution in [1.29, 1.82) is 0 Å². The van der Waals surface area contributed by atoms with Gasteiger partial charge >= 0.3 is 0 Å². The first-order valence-corrected chi connectivity index (χ1v) is 15.6. The first-order valence-electron chi connectivity index (χ1n) is 13.3. The van der Waals surface area contributed by atoms with E-state index in [1.807, 2.05) is 0 Å². The first kappa shape index (κ1) is 29.1. The Morgan fingerprint density at radius 1 is 1.23 bits per heavy atom. The van der Waals surface area contributed by atoms with Gasteiger partial charge in [0.05, 0.1) is 23.8 Å². The molecular formula is C27H35N5O5S2. The van der Waals surface area contributed by atoms with E-state index in [0.29, 0.717) is 12.8 Å². The van der Waals surface area contributed by atoms with Crippen molar-refractivity contribution in [3.05, 3.63) is 40.5 Å². The lowest BCUT2D eigenvalue weighted by Crippen LogP contribution is -2.53. The summed E-state index contributed by atoms with van der Waals surface area (Å²) in [4.78, 5) is 47.9. The van der Waals surface area contributed by atoms with Crippen molar-refractivity contribution < 1.29 is 22.8 Å². The summed E-state index contributed by atoms with van der Waals surface area (Å²) in [7, 11) is -4.03. The summed E-state index contributed by atoms with van der Waals surface area (Å²) in [6.45, 7) is 5.29. The monoisotopic (exact) mass is 573 g/mol. The molecule has 210 valence electrons. The Kier molecular flexibility index (Phi) is 9.03. The summed E-state index contributed by atoms with van der Waals surface area (Å²) in [5.41, 5.74) is 0.142. The van der Waals surface area contributed by atoms with Crippen molar-refractivity contribution in [2.45, 2.75) is 95.3 Å². The van der Waals surface area contributed by atoms with Crippen molar-refractivity contribution in [3.63, 3.8) is 0 Å². The normalized spacial score (nSPS) is 22.8. The number of thiazole rings is 1. The summed E-state index contributed by atoms with van der Waals surface area (Å²) in [6, 6.07) is 4.18. The third kappa shape index (κ3) is 7.01. The number of hydrogen-bond acceptors (Lipinski definition) is 8. The Morgan fingerprint density at radius 3 is 2.62 bits per heavy atom. The molecule has 0 bridgehead atoms. The van der Waals surface area contributed by atoms with Crippen LogP contribution >= 0.6 is 11.3 Å². The number of rotatable bonds is 8. The maximum atomic E-state index is 13.6. The summed E-state index contributed by atoms with van der Waals surface area (Å²) < 4.78 is 27.5. The molecule has 3 atom stereocenters. The maximum absolute atomic E-state index is 13.6. The van der Waals surface area contributed by atoms with E-state index in [1.165, 1.54) is 23.6 Å². The minimum atomic E-state index is -4.03. The summed E-state index contributed by atoms with van der Waals surface area (Å²) in [5, 5.41) is 7.91. The highest BCUT2D eigenvalue weighted by atomic mass is 32.2. The highest BCUT2D eigenvalue weighted by Gasteiger charge is 2.39. The van der Waals surface area contributed by atoms with Gasteiger partial charge in [0.1, 0.15) is 11.7 Å². The van der Waals surface area contributed by atoms with E-state index in [4.69, 9.17) is 0 Å². The Labute approximate surface area is 234 Å². The lowest BCUT2D eigenvalue weighted by Gasteiger charge is -2.36. The topological polar surface area (TPSA) is 138 Å². The summed E-state index contributed by atoms with van der Waals surface area (Å²) in [6.07, 6.45) is 7.51. The summed E-state index contributed by atoms with van der Waals surface area (Å²) >= 11 is 1.36. The van der Waals surface area contributed by atoms with Gasteiger partial charge in [-0.15, -0.1) is 11.3 Å². The molecular weight excluding hydrogens is 538 g/mol. The van der Waals surface area contributed by atoms with Crippen LogP contribution in [0.1, 0.15) is 80.7 Å². The molecule has 0 spiro atoms. The Hall–Kier alpha value is -2.88. The van der Waals surface area contributed by atoms with Crippen molar-refractivity contribution in [1.82, 2.24) is 24.9 Å². The zero-order chi connectivity index (χ0) is 28.2. The van der Waals surface area contributed by atoms with Crippen molar-refractivity contribution in [2.75, 3.05) is 6.54 Å². The second-order valence-corrected chi connectivity index (χ2v) is 13.8. The number of Topliss-reactive ketones (excluding diaryl/α,β-unsaturated/α-hetero) is 1. The molecule has 12 heteroatoms. The SMILES string of the molecule is Cc1nc(C(=O)N[C@H](CC2(C)CCCCC2)C(=O)N[C@H]2CC[C@@H](C)N(S(=O)(=O)c3cc#ccn3)CC2=O)cs1. The number of nitrogens with zero attached hydrogens (tertiary/aromatic N) is 3. The fraction of sp³-hybridized carbons (Fsp3) is 0.593. The highest BCUT2D eigenvalue weighted by Crippen LogP contribution is 2.39. The zero-order valence-electron chi connectivity index (χ0n) is 22.5. The van der Waals surface area contributed by atoms with E-state index in [1.54, 1.807) is 19.2 Å². The molecule has 39 heavy (non-hydrogen) atoms. The standard InChI is InChI=1S/C27H35N5O5S2/c1-18-10-11-20(23(33)16-32(18)39(36,37)24-9-5-8-14-28-24)30-25(34)21(15-27(3)12-6-4-7-13-27)31-26(35)22-17-38-19(2)29-22/h9,14,17-18,20-21H,4,6-7,10-13,15-16H2,1-3H3,(H,30,34)(H,31,35)/t18-,20+,21-/m1/s1. The van der Waals surface area contributed by atoms with Gasteiger partial charge in [0.2, 0.25) is 5.91 Å². The van der Waals surface area contributed by atoms with Crippen LogP contribution in [-0.2, 0) is 19.6 Å². The largest absolute Gasteiger partial charge is 0.344 e. The number of amides is 2. The maximum Gasteiger partial charge on any atom is 0.271 e. The van der Waals surface area contributed by atoms with Crippen LogP contribution in [0.2, 0.25) is 0 Å². The molecule has 0 radical (unpaired) electrons. The molecule has 1 saturated heterocycles. The number of aromatic nitrogens is 2. The molecule has 3 heterocycles. The van der Waals surface area contributed by atoms with Crippen molar-refractivity contribution in [3.8, 4) is 0 Å². The molecule has 2 aromatic heterocycles. The highest BCUT2D eigenvalue weighted by molar-refractivity contribution is 7.89. The van der Waals surface area contributed by atoms with E-state index in [9.17, 15) is 22.8 Å². The summed E-state index contributed by atoms with van der Waals surface area (Å²) in [5.74, 6) is -1.28. The van der Waals surface area contributed by atoms with Crippen LogP contribution in [0.25, 0.3) is 0 Å². The Bertz CT molecular complexity index is 1290. The molecule has 1 aliphatic carbocycles. The third-order valence-corrected chi connectivity index (χ3v) is 10.4. The molecule has 1 aliphatic heterocycles. The van der Waals surface area contributed by atoms with E-state index in [0.717, 1.165) is 41.4 Å². The van der Waals surface area contributed by atoms with E-state index in [2.05, 4.69) is 39.7 Å². The van der Waals surface area contributed by atoms with Crippen molar-refractivity contribution >= 4 is 39.0 Å². The third-order valence-electron chi connectivity index (χ3n) is 7.72. The molecule has 0 aromatic carbocycles. The minimum Gasteiger partial charge on any atom is -0.344 e. The van der Waals surface area contributed by atoms with Gasteiger partial charge in [0, 0.05) is 17.5 Å². The van der Waals surface area contributed by atoms with Crippen molar-refractivity contribution in [2.24, 2.45) is 5.41 Å². The van der Waals surface area contributed by atoms with Gasteiger partial charge in [-0.05, 0) is 57.4 Å². The predicted octanol–water partition coefficient (Wildman–Crippen LogP) is 2.83. The zero-order valence-corrected chi connectivity index (χ0v) is 24.2. The van der Waals surface area contributed by atoms with Gasteiger partial charge < -0.3 is 10.6 Å². The quantitative estimate of drug-likeness (QED) is 0.495. The minimum absolute atomic E-state index is 0.116. The number of sulfonamides is 1. The molecule has 2 fully saturated rings. The lowest BCUT2D eigenvalue weighted by atomic mass is 9.71. The fourth-order valence-corrected chi connectivity index (χ4v) is 7.53. The number of carbonyl (C=O) groups excluding carboxylic acids is 3. The van der Waals surface area contributed by atoms with Gasteiger partial charge in [-0.2, -0.15) is 4.31 Å². The van der Waals surface area contributed by atoms with Crippen LogP contribution in [0.4, 0.5) is 0 Å². The van der Waals surface area contributed by atoms with E-state index >= 15 is 0 Å². The number of carbonyl (C=O) groups is 3. The Balaban J connectivity index is 1.50. The van der Waals surface area contributed by atoms with E-state index in [-0.39, 0.29) is 29.1 Å². The lowest BCUT2D eigenvalue weighted by molar-refractivity contribution is -0.129. The van der Waals surface area contributed by atoms with Crippen LogP contribution in [0.3, 0.4) is 0 Å². The van der Waals surface area contributed by atoms with Crippen LogP contribution < -0.4 is 10.6 Å². The van der Waals surface area contributed by atoms with Crippen LogP contribution in [0, 0.1) is 24.5 Å². The van der Waals surface area contributed by atoms with Crippen LogP contribution in [0.15, 0.2) is 22.7 Å². The smallest absolute Gasteiger partial charge is 0.271 e. The molecule has 0 unspecified atom stereocenters. The van der Waals surface area contributed by atoms with Gasteiger partial charge in [-0.1, -0.05) is 32.3 Å². The second-order valence-electron chi connectivity index (χ2n) is 10.9. The van der Waals surface area contributed by atoms with Gasteiger partial charge in [0.25, 0.3) is 15.9 Å².